The van der Waals surface area contributed by atoms with Gasteiger partial charge < -0.3 is 10.0 Å². The number of phenols is 1. The van der Waals surface area contributed by atoms with Gasteiger partial charge in [0.15, 0.2) is 0 Å². The van der Waals surface area contributed by atoms with Gasteiger partial charge in [0.1, 0.15) is 5.75 Å². The van der Waals surface area contributed by atoms with E-state index in [-0.39, 0.29) is 11.8 Å². The van der Waals surface area contributed by atoms with Gasteiger partial charge in [0.05, 0.1) is 4.90 Å². The maximum absolute atomic E-state index is 13.9. The van der Waals surface area contributed by atoms with Gasteiger partial charge in [-0.15, -0.1) is 0 Å². The molecule has 0 amide bonds. The summed E-state index contributed by atoms with van der Waals surface area (Å²) < 4.78 is 29.4. The third kappa shape index (κ3) is 5.61. The third-order valence-electron chi connectivity index (χ3n) is 7.18. The number of sulfonamides is 1. The number of fused-ring (bicyclic) bond motifs is 1. The molecular weight excluding hydrogens is 484 g/mol. The van der Waals surface area contributed by atoms with Crippen molar-refractivity contribution < 1.29 is 13.5 Å². The normalized spacial score (nSPS) is 15.8. The van der Waals surface area contributed by atoms with Gasteiger partial charge in [-0.05, 0) is 48.4 Å². The summed E-state index contributed by atoms with van der Waals surface area (Å²) in [5.41, 5.74) is 2.20. The Morgan fingerprint density at radius 2 is 1.65 bits per heavy atom. The zero-order valence-corrected chi connectivity index (χ0v) is 21.8. The van der Waals surface area contributed by atoms with E-state index in [1.54, 1.807) is 49.8 Å². The average molecular weight is 517 g/mol. The van der Waals surface area contributed by atoms with E-state index in [9.17, 15) is 13.5 Å². The van der Waals surface area contributed by atoms with Crippen LogP contribution in [-0.2, 0) is 16.4 Å². The van der Waals surface area contributed by atoms with Crippen molar-refractivity contribution in [1.82, 2.24) is 14.2 Å². The largest absolute Gasteiger partial charge is 0.508 e. The molecule has 0 spiro atoms. The molecule has 1 N–H and O–H groups in total. The molecule has 1 atom stereocenters. The van der Waals surface area contributed by atoms with Crippen LogP contribution >= 0.6 is 0 Å². The molecule has 1 aliphatic heterocycles. The molecule has 0 radical (unpaired) electrons. The lowest BCUT2D eigenvalue weighted by Gasteiger charge is -2.39. The Bertz CT molecular complexity index is 1430. The third-order valence-corrected chi connectivity index (χ3v) is 9.15. The number of para-hydroxylation sites is 1. The van der Waals surface area contributed by atoms with E-state index in [2.05, 4.69) is 39.0 Å². The fraction of sp³-hybridized carbons (Fsp3) is 0.276. The molecule has 8 heteroatoms. The Morgan fingerprint density at radius 1 is 0.919 bits per heavy atom. The second-order valence-electron chi connectivity index (χ2n) is 9.52. The van der Waals surface area contributed by atoms with Gasteiger partial charge in [-0.25, -0.2) is 8.42 Å². The minimum absolute atomic E-state index is 0.197. The van der Waals surface area contributed by atoms with Crippen LogP contribution in [0.1, 0.15) is 5.56 Å². The lowest BCUT2D eigenvalue weighted by atomic mass is 10.0. The number of anilines is 1. The Balaban J connectivity index is 1.39. The minimum atomic E-state index is -3.78. The van der Waals surface area contributed by atoms with E-state index in [1.807, 2.05) is 24.3 Å². The molecule has 0 aliphatic carbocycles. The second kappa shape index (κ2) is 10.9. The number of pyridine rings is 1. The number of hydrogen-bond acceptors (Lipinski definition) is 6. The number of piperazine rings is 1. The van der Waals surface area contributed by atoms with Crippen molar-refractivity contribution in [2.75, 3.05) is 44.7 Å². The van der Waals surface area contributed by atoms with Gasteiger partial charge in [0.25, 0.3) is 0 Å². The second-order valence-corrected chi connectivity index (χ2v) is 11.5. The van der Waals surface area contributed by atoms with E-state index in [1.165, 1.54) is 9.99 Å². The van der Waals surface area contributed by atoms with Crippen LogP contribution in [-0.4, -0.2) is 73.5 Å². The SMILES string of the molecule is CN(C(Cc1ccc(O)cc1)CN1CCN(c2ccccc2)CC1)S(=O)(=O)c1cccc2cnccc12. The van der Waals surface area contributed by atoms with Crippen LogP contribution in [0, 0.1) is 0 Å². The Kier molecular flexibility index (Phi) is 7.41. The van der Waals surface area contributed by atoms with Gasteiger partial charge in [-0.3, -0.25) is 9.88 Å². The predicted molar refractivity (Wildman–Crippen MR) is 147 cm³/mol. The van der Waals surface area contributed by atoms with Crippen LogP contribution in [0.15, 0.2) is 96.2 Å². The highest BCUT2D eigenvalue weighted by atomic mass is 32.2. The summed E-state index contributed by atoms with van der Waals surface area (Å²) in [6.45, 7) is 4.11. The number of likely N-dealkylation sites (N-methyl/N-ethyl adjacent to an activating group) is 1. The van der Waals surface area contributed by atoms with Gasteiger partial charge in [-0.2, -0.15) is 4.31 Å². The maximum Gasteiger partial charge on any atom is 0.243 e. The first kappa shape index (κ1) is 25.2. The first-order valence-electron chi connectivity index (χ1n) is 12.5. The monoisotopic (exact) mass is 516 g/mol. The Hall–Kier alpha value is -3.46. The molecule has 1 unspecified atom stereocenters. The number of phenolic OH excluding ortho intramolecular Hbond substituents is 1. The summed E-state index contributed by atoms with van der Waals surface area (Å²) in [6, 6.07) is 24.2. The highest BCUT2D eigenvalue weighted by Crippen LogP contribution is 2.27. The summed E-state index contributed by atoms with van der Waals surface area (Å²) in [7, 11) is -2.10. The standard InChI is InChI=1S/C29H32N4O3S/c1-31(37(35,36)29-9-5-6-24-21-30-15-14-28(24)29)26(20-23-10-12-27(34)13-11-23)22-32-16-18-33(19-17-32)25-7-3-2-4-8-25/h2-15,21,26,34H,16-20,22H2,1H3. The van der Waals surface area contributed by atoms with Crippen molar-refractivity contribution >= 4 is 26.5 Å². The Morgan fingerprint density at radius 3 is 2.38 bits per heavy atom. The van der Waals surface area contributed by atoms with E-state index in [4.69, 9.17) is 0 Å². The summed E-state index contributed by atoms with van der Waals surface area (Å²) in [6.07, 6.45) is 3.86. The summed E-state index contributed by atoms with van der Waals surface area (Å²) in [5, 5.41) is 11.2. The van der Waals surface area contributed by atoms with Crippen molar-refractivity contribution in [2.45, 2.75) is 17.4 Å². The molecule has 3 aromatic carbocycles. The van der Waals surface area contributed by atoms with Crippen LogP contribution in [0.2, 0.25) is 0 Å². The van der Waals surface area contributed by atoms with Crippen molar-refractivity contribution in [3.05, 3.63) is 96.8 Å². The molecule has 0 bridgehead atoms. The molecule has 5 rings (SSSR count). The maximum atomic E-state index is 13.9. The van der Waals surface area contributed by atoms with Crippen LogP contribution in [0.5, 0.6) is 5.75 Å². The van der Waals surface area contributed by atoms with Crippen molar-refractivity contribution in [2.24, 2.45) is 0 Å². The molecule has 4 aromatic rings. The average Bonchev–Trinajstić information content (AvgIpc) is 2.94. The zero-order chi connectivity index (χ0) is 25.8. The highest BCUT2D eigenvalue weighted by Gasteiger charge is 2.31. The number of benzene rings is 3. The number of aromatic hydroxyl groups is 1. The summed E-state index contributed by atoms with van der Waals surface area (Å²) in [5.74, 6) is 0.197. The quantitative estimate of drug-likeness (QED) is 0.382. The molecule has 7 nitrogen and oxygen atoms in total. The van der Waals surface area contributed by atoms with Crippen molar-refractivity contribution in [3.8, 4) is 5.75 Å². The molecule has 192 valence electrons. The molecule has 1 saturated heterocycles. The van der Waals surface area contributed by atoms with E-state index in [0.717, 1.165) is 37.1 Å². The fourth-order valence-corrected chi connectivity index (χ4v) is 6.57. The van der Waals surface area contributed by atoms with E-state index >= 15 is 0 Å². The van der Waals surface area contributed by atoms with Crippen LogP contribution in [0.4, 0.5) is 5.69 Å². The fourth-order valence-electron chi connectivity index (χ4n) is 5.01. The van der Waals surface area contributed by atoms with Gasteiger partial charge in [-0.1, -0.05) is 42.5 Å². The number of hydrogen-bond donors (Lipinski definition) is 1. The molecule has 37 heavy (non-hydrogen) atoms. The number of nitrogens with zero attached hydrogens (tertiary/aromatic N) is 4. The van der Waals surface area contributed by atoms with E-state index in [0.29, 0.717) is 23.2 Å². The Labute approximate surface area is 218 Å². The lowest BCUT2D eigenvalue weighted by Crippen LogP contribution is -2.52. The minimum Gasteiger partial charge on any atom is -0.508 e. The summed E-state index contributed by atoms with van der Waals surface area (Å²) in [4.78, 5) is 9.16. The van der Waals surface area contributed by atoms with Crippen molar-refractivity contribution in [3.63, 3.8) is 0 Å². The predicted octanol–water partition coefficient (Wildman–Crippen LogP) is 3.99. The first-order valence-corrected chi connectivity index (χ1v) is 14.0. The van der Waals surface area contributed by atoms with Crippen LogP contribution in [0.25, 0.3) is 10.8 Å². The van der Waals surface area contributed by atoms with Gasteiger partial charge >= 0.3 is 0 Å². The number of aromatic nitrogens is 1. The lowest BCUT2D eigenvalue weighted by molar-refractivity contribution is 0.200. The number of rotatable bonds is 8. The molecule has 1 aliphatic rings. The smallest absolute Gasteiger partial charge is 0.243 e. The highest BCUT2D eigenvalue weighted by molar-refractivity contribution is 7.89. The summed E-state index contributed by atoms with van der Waals surface area (Å²) >= 11 is 0. The van der Waals surface area contributed by atoms with Crippen LogP contribution in [0.3, 0.4) is 0 Å². The van der Waals surface area contributed by atoms with Gasteiger partial charge in [0.2, 0.25) is 10.0 Å². The zero-order valence-electron chi connectivity index (χ0n) is 20.9. The first-order chi connectivity index (χ1) is 17.9. The molecule has 1 fully saturated rings. The molecule has 0 saturated carbocycles. The molecule has 2 heterocycles. The van der Waals surface area contributed by atoms with Crippen LogP contribution < -0.4 is 4.90 Å². The van der Waals surface area contributed by atoms with Gasteiger partial charge in [0, 0.05) is 74.7 Å². The van der Waals surface area contributed by atoms with Crippen molar-refractivity contribution in [1.29, 1.82) is 0 Å². The molecular formula is C29H32N4O3S. The van der Waals surface area contributed by atoms with E-state index < -0.39 is 10.0 Å². The molecule has 1 aromatic heterocycles. The topological polar surface area (TPSA) is 77.0 Å².